The van der Waals surface area contributed by atoms with Crippen LogP contribution in [0.2, 0.25) is 5.02 Å². The fraction of sp³-hybridized carbons (Fsp3) is 0.143. The zero-order chi connectivity index (χ0) is 19.6. The van der Waals surface area contributed by atoms with Gasteiger partial charge in [-0.05, 0) is 50.2 Å². The number of para-hydroxylation sites is 2. The van der Waals surface area contributed by atoms with Gasteiger partial charge in [-0.2, -0.15) is 0 Å². The van der Waals surface area contributed by atoms with Crippen molar-refractivity contribution >= 4 is 29.5 Å². The highest BCUT2D eigenvalue weighted by Gasteiger charge is 2.13. The molecule has 0 spiro atoms. The van der Waals surface area contributed by atoms with Crippen LogP contribution in [0, 0.1) is 13.8 Å². The summed E-state index contributed by atoms with van der Waals surface area (Å²) < 4.78 is 7.34. The number of carboxylic acid groups (broad SMARTS) is 1. The minimum absolute atomic E-state index is 0.0841. The summed E-state index contributed by atoms with van der Waals surface area (Å²) in [6.45, 7) is 3.96. The first-order valence-corrected chi connectivity index (χ1v) is 8.69. The van der Waals surface area contributed by atoms with Gasteiger partial charge in [-0.3, -0.25) is 4.99 Å². The van der Waals surface area contributed by atoms with Crippen LogP contribution in [0.1, 0.15) is 27.3 Å². The van der Waals surface area contributed by atoms with E-state index in [9.17, 15) is 4.79 Å². The second-order valence-corrected chi connectivity index (χ2v) is 6.47. The van der Waals surface area contributed by atoms with Gasteiger partial charge in [-0.25, -0.2) is 4.79 Å². The molecule has 5 nitrogen and oxygen atoms in total. The number of nitrogens with zero attached hydrogens (tertiary/aromatic N) is 2. The molecule has 0 bridgehead atoms. The van der Waals surface area contributed by atoms with Crippen LogP contribution in [-0.2, 0) is 0 Å². The quantitative estimate of drug-likeness (QED) is 0.616. The zero-order valence-corrected chi connectivity index (χ0v) is 16.0. The Hall–Kier alpha value is -3.05. The number of aryl methyl sites for hydroxylation is 1. The fourth-order valence-electron chi connectivity index (χ4n) is 3.01. The largest absolute Gasteiger partial charge is 0.494 e. The highest BCUT2D eigenvalue weighted by Crippen LogP contribution is 2.28. The van der Waals surface area contributed by atoms with E-state index < -0.39 is 5.97 Å². The number of hydrogen-bond acceptors (Lipinski definition) is 3. The smallest absolute Gasteiger partial charge is 0.337 e. The number of aromatic carboxylic acids is 1. The van der Waals surface area contributed by atoms with Gasteiger partial charge >= 0.3 is 5.97 Å². The molecule has 0 unspecified atom stereocenters. The summed E-state index contributed by atoms with van der Waals surface area (Å²) in [6.07, 6.45) is 1.80. The minimum Gasteiger partial charge on any atom is -0.494 e. The van der Waals surface area contributed by atoms with Gasteiger partial charge in [0, 0.05) is 28.9 Å². The Morgan fingerprint density at radius 3 is 2.59 bits per heavy atom. The molecule has 0 fully saturated rings. The lowest BCUT2D eigenvalue weighted by molar-refractivity contribution is 0.0697. The van der Waals surface area contributed by atoms with Gasteiger partial charge in [0.25, 0.3) is 0 Å². The minimum atomic E-state index is -1.04. The highest BCUT2D eigenvalue weighted by atomic mass is 35.5. The standard InChI is InChI=1S/C21H19ClN2O3/c1-13-10-15(12-23-19-6-4-5-7-20(19)27-3)14(2)24(13)16-8-9-17(21(25)26)18(22)11-16/h4-12H,1-3H3,(H,25,26). The van der Waals surface area contributed by atoms with Crippen molar-refractivity contribution in [3.63, 3.8) is 0 Å². The van der Waals surface area contributed by atoms with Gasteiger partial charge in [0.1, 0.15) is 11.4 Å². The molecule has 0 aliphatic rings. The molecule has 2 aromatic carbocycles. The van der Waals surface area contributed by atoms with Crippen LogP contribution in [0.25, 0.3) is 5.69 Å². The molecule has 1 N–H and O–H groups in total. The predicted octanol–water partition coefficient (Wildman–Crippen LogP) is 5.20. The van der Waals surface area contributed by atoms with Crippen LogP contribution in [0.5, 0.6) is 5.75 Å². The van der Waals surface area contributed by atoms with Crippen molar-refractivity contribution in [3.8, 4) is 11.4 Å². The summed E-state index contributed by atoms with van der Waals surface area (Å²) in [7, 11) is 1.62. The van der Waals surface area contributed by atoms with E-state index in [1.807, 2.05) is 48.7 Å². The Kier molecular flexibility index (Phi) is 5.33. The molecule has 1 aromatic heterocycles. The van der Waals surface area contributed by atoms with E-state index in [0.29, 0.717) is 5.75 Å². The number of benzene rings is 2. The first-order chi connectivity index (χ1) is 12.9. The van der Waals surface area contributed by atoms with Gasteiger partial charge in [-0.1, -0.05) is 23.7 Å². The topological polar surface area (TPSA) is 63.8 Å². The Morgan fingerprint density at radius 2 is 1.93 bits per heavy atom. The van der Waals surface area contributed by atoms with Gasteiger partial charge < -0.3 is 14.4 Å². The third kappa shape index (κ3) is 3.73. The van der Waals surface area contributed by atoms with Crippen molar-refractivity contribution in [2.75, 3.05) is 7.11 Å². The summed E-state index contributed by atoms with van der Waals surface area (Å²) in [5, 5.41) is 9.35. The Bertz CT molecular complexity index is 1040. The van der Waals surface area contributed by atoms with Crippen molar-refractivity contribution in [3.05, 3.63) is 76.1 Å². The van der Waals surface area contributed by atoms with E-state index in [-0.39, 0.29) is 10.6 Å². The summed E-state index contributed by atoms with van der Waals surface area (Å²) in [6, 6.07) is 14.5. The maximum Gasteiger partial charge on any atom is 0.337 e. The summed E-state index contributed by atoms with van der Waals surface area (Å²) >= 11 is 6.13. The van der Waals surface area contributed by atoms with Crippen molar-refractivity contribution in [2.24, 2.45) is 4.99 Å². The number of hydrogen-bond donors (Lipinski definition) is 1. The number of methoxy groups -OCH3 is 1. The van der Waals surface area contributed by atoms with E-state index in [1.165, 1.54) is 6.07 Å². The molecule has 0 saturated heterocycles. The lowest BCUT2D eigenvalue weighted by Gasteiger charge is -2.11. The summed E-state index contributed by atoms with van der Waals surface area (Å²) in [4.78, 5) is 15.7. The molecule has 0 saturated carbocycles. The third-order valence-corrected chi connectivity index (χ3v) is 4.65. The van der Waals surface area contributed by atoms with E-state index in [1.54, 1.807) is 25.5 Å². The monoisotopic (exact) mass is 382 g/mol. The van der Waals surface area contributed by atoms with Crippen LogP contribution >= 0.6 is 11.6 Å². The molecule has 0 aliphatic heterocycles. The second-order valence-electron chi connectivity index (χ2n) is 6.06. The van der Waals surface area contributed by atoms with Crippen LogP contribution in [-0.4, -0.2) is 29.0 Å². The number of rotatable bonds is 5. The Morgan fingerprint density at radius 1 is 1.19 bits per heavy atom. The zero-order valence-electron chi connectivity index (χ0n) is 15.2. The van der Waals surface area contributed by atoms with E-state index in [2.05, 4.69) is 4.99 Å². The second kappa shape index (κ2) is 7.68. The van der Waals surface area contributed by atoms with Crippen LogP contribution in [0.3, 0.4) is 0 Å². The van der Waals surface area contributed by atoms with Crippen molar-refractivity contribution < 1.29 is 14.6 Å². The average molecular weight is 383 g/mol. The third-order valence-electron chi connectivity index (χ3n) is 4.34. The normalized spacial score (nSPS) is 11.1. The molecule has 1 heterocycles. The number of ether oxygens (including phenoxy) is 1. The van der Waals surface area contributed by atoms with Crippen molar-refractivity contribution in [2.45, 2.75) is 13.8 Å². The van der Waals surface area contributed by atoms with Gasteiger partial charge in [0.05, 0.1) is 17.7 Å². The first-order valence-electron chi connectivity index (χ1n) is 8.31. The van der Waals surface area contributed by atoms with Crippen LogP contribution < -0.4 is 4.74 Å². The van der Waals surface area contributed by atoms with Crippen molar-refractivity contribution in [1.82, 2.24) is 4.57 Å². The van der Waals surface area contributed by atoms with Crippen molar-refractivity contribution in [1.29, 1.82) is 0 Å². The molecule has 3 aromatic rings. The van der Waals surface area contributed by atoms with E-state index >= 15 is 0 Å². The van der Waals surface area contributed by atoms with Crippen LogP contribution in [0.4, 0.5) is 5.69 Å². The molecule has 138 valence electrons. The summed E-state index contributed by atoms with van der Waals surface area (Å²) in [5.41, 5.74) is 4.56. The number of halogens is 1. The summed E-state index contributed by atoms with van der Waals surface area (Å²) in [5.74, 6) is -0.337. The molecule has 27 heavy (non-hydrogen) atoms. The Balaban J connectivity index is 1.99. The highest BCUT2D eigenvalue weighted by molar-refractivity contribution is 6.33. The molecular weight excluding hydrogens is 364 g/mol. The first kappa shape index (κ1) is 18.7. The lowest BCUT2D eigenvalue weighted by atomic mass is 10.2. The van der Waals surface area contributed by atoms with Gasteiger partial charge in [0.2, 0.25) is 0 Å². The van der Waals surface area contributed by atoms with Crippen LogP contribution in [0.15, 0.2) is 53.5 Å². The molecule has 0 atom stereocenters. The predicted molar refractivity (Wildman–Crippen MR) is 107 cm³/mol. The maximum absolute atomic E-state index is 11.2. The average Bonchev–Trinajstić information content (AvgIpc) is 2.93. The maximum atomic E-state index is 11.2. The molecular formula is C21H19ClN2O3. The SMILES string of the molecule is COc1ccccc1N=Cc1cc(C)n(-c2ccc(C(=O)O)c(Cl)c2)c1C. The molecule has 0 aliphatic carbocycles. The number of aromatic nitrogens is 1. The lowest BCUT2D eigenvalue weighted by Crippen LogP contribution is -2.02. The van der Waals surface area contributed by atoms with Gasteiger partial charge in [-0.15, -0.1) is 0 Å². The van der Waals surface area contributed by atoms with E-state index in [4.69, 9.17) is 21.4 Å². The van der Waals surface area contributed by atoms with Gasteiger partial charge in [0.15, 0.2) is 0 Å². The molecule has 6 heteroatoms. The molecule has 0 amide bonds. The number of aliphatic imine (C=N–C) groups is 1. The number of carbonyl (C=O) groups is 1. The number of carboxylic acids is 1. The molecule has 0 radical (unpaired) electrons. The Labute approximate surface area is 162 Å². The fourth-order valence-corrected chi connectivity index (χ4v) is 3.26. The molecule has 3 rings (SSSR count). The van der Waals surface area contributed by atoms with E-state index in [0.717, 1.165) is 28.3 Å².